The molecule has 1 aromatic carbocycles. The van der Waals surface area contributed by atoms with E-state index < -0.39 is 0 Å². The van der Waals surface area contributed by atoms with Gasteiger partial charge in [-0.1, -0.05) is 30.3 Å². The lowest BCUT2D eigenvalue weighted by Gasteiger charge is -2.24. The summed E-state index contributed by atoms with van der Waals surface area (Å²) in [5, 5.41) is 8.68. The summed E-state index contributed by atoms with van der Waals surface area (Å²) in [6.07, 6.45) is 2.46. The summed E-state index contributed by atoms with van der Waals surface area (Å²) in [4.78, 5) is 2.27. The molecule has 84 valence electrons. The zero-order valence-electron chi connectivity index (χ0n) is 9.98. The second-order valence-electron chi connectivity index (χ2n) is 3.49. The Bertz CT molecular complexity index is 369. The molecule has 0 heterocycles. The molecule has 0 atom stereocenters. The molecular formula is C14H18N2. The molecule has 0 aliphatic rings. The minimum absolute atomic E-state index is 0.459. The second kappa shape index (κ2) is 6.68. The molecular weight excluding hydrogens is 196 g/mol. The number of rotatable bonds is 5. The zero-order valence-corrected chi connectivity index (χ0v) is 9.98. The molecule has 0 bridgehead atoms. The number of hydrogen-bond acceptors (Lipinski definition) is 2. The van der Waals surface area contributed by atoms with Crippen molar-refractivity contribution in [2.45, 2.75) is 20.3 Å². The Balaban J connectivity index is 3.01. The van der Waals surface area contributed by atoms with Gasteiger partial charge in [-0.25, -0.2) is 0 Å². The van der Waals surface area contributed by atoms with Crippen LogP contribution in [0.2, 0.25) is 0 Å². The highest BCUT2D eigenvalue weighted by molar-refractivity contribution is 5.64. The molecule has 2 heteroatoms. The largest absolute Gasteiger partial charge is 0.372 e. The molecule has 0 fully saturated rings. The van der Waals surface area contributed by atoms with Crippen LogP contribution in [0.5, 0.6) is 0 Å². The van der Waals surface area contributed by atoms with E-state index in [4.69, 9.17) is 5.26 Å². The Hall–Kier alpha value is -1.75. The van der Waals surface area contributed by atoms with Gasteiger partial charge in [-0.05, 0) is 25.5 Å². The Morgan fingerprint density at radius 1 is 1.25 bits per heavy atom. The first kappa shape index (κ1) is 12.3. The van der Waals surface area contributed by atoms with Crippen molar-refractivity contribution in [3.63, 3.8) is 0 Å². The molecule has 0 saturated carbocycles. The van der Waals surface area contributed by atoms with Gasteiger partial charge >= 0.3 is 0 Å². The van der Waals surface area contributed by atoms with Crippen LogP contribution in [0, 0.1) is 11.3 Å². The average Bonchev–Trinajstić information content (AvgIpc) is 2.35. The summed E-state index contributed by atoms with van der Waals surface area (Å²) in [5.41, 5.74) is 2.34. The van der Waals surface area contributed by atoms with Crippen LogP contribution in [0.25, 0.3) is 5.70 Å². The van der Waals surface area contributed by atoms with Crippen LogP contribution in [0.15, 0.2) is 36.4 Å². The Morgan fingerprint density at radius 2 is 1.88 bits per heavy atom. The van der Waals surface area contributed by atoms with Gasteiger partial charge in [-0.3, -0.25) is 0 Å². The monoisotopic (exact) mass is 214 g/mol. The normalized spacial score (nSPS) is 10.9. The molecule has 0 unspecified atom stereocenters. The quantitative estimate of drug-likeness (QED) is 0.752. The fourth-order valence-electron chi connectivity index (χ4n) is 1.75. The summed E-state index contributed by atoms with van der Waals surface area (Å²) >= 11 is 0. The van der Waals surface area contributed by atoms with Crippen molar-refractivity contribution in [2.24, 2.45) is 0 Å². The zero-order chi connectivity index (χ0) is 11.8. The highest BCUT2D eigenvalue weighted by Gasteiger charge is 2.07. The molecule has 0 aromatic heterocycles. The van der Waals surface area contributed by atoms with E-state index in [0.29, 0.717) is 6.42 Å². The van der Waals surface area contributed by atoms with Crippen LogP contribution < -0.4 is 0 Å². The smallest absolute Gasteiger partial charge is 0.0664 e. The van der Waals surface area contributed by atoms with E-state index in [1.165, 1.54) is 5.56 Å². The van der Waals surface area contributed by atoms with Gasteiger partial charge in [0.15, 0.2) is 0 Å². The molecule has 0 aliphatic heterocycles. The SMILES string of the molecule is CCN(CC)/C(=C/CC#N)c1ccccc1. The van der Waals surface area contributed by atoms with Crippen molar-refractivity contribution < 1.29 is 0 Å². The van der Waals surface area contributed by atoms with Gasteiger partial charge in [0.2, 0.25) is 0 Å². The summed E-state index contributed by atoms with van der Waals surface area (Å²) in [6.45, 7) is 6.19. The second-order valence-corrected chi connectivity index (χ2v) is 3.49. The van der Waals surface area contributed by atoms with E-state index in [9.17, 15) is 0 Å². The predicted molar refractivity (Wildman–Crippen MR) is 67.6 cm³/mol. The minimum atomic E-state index is 0.459. The van der Waals surface area contributed by atoms with Gasteiger partial charge in [0.05, 0.1) is 12.5 Å². The first-order chi connectivity index (χ1) is 7.83. The van der Waals surface area contributed by atoms with E-state index in [0.717, 1.165) is 18.8 Å². The fourth-order valence-corrected chi connectivity index (χ4v) is 1.75. The third kappa shape index (κ3) is 3.13. The Morgan fingerprint density at radius 3 is 2.38 bits per heavy atom. The van der Waals surface area contributed by atoms with Gasteiger partial charge < -0.3 is 4.90 Å². The van der Waals surface area contributed by atoms with Crippen molar-refractivity contribution in [1.29, 1.82) is 5.26 Å². The molecule has 16 heavy (non-hydrogen) atoms. The van der Waals surface area contributed by atoms with Crippen molar-refractivity contribution in [2.75, 3.05) is 13.1 Å². The Labute approximate surface area is 97.8 Å². The number of nitrogens with zero attached hydrogens (tertiary/aromatic N) is 2. The van der Waals surface area contributed by atoms with Gasteiger partial charge in [-0.2, -0.15) is 5.26 Å². The van der Waals surface area contributed by atoms with Crippen molar-refractivity contribution >= 4 is 5.70 Å². The van der Waals surface area contributed by atoms with E-state index in [1.807, 2.05) is 24.3 Å². The van der Waals surface area contributed by atoms with Crippen LogP contribution >= 0.6 is 0 Å². The maximum Gasteiger partial charge on any atom is 0.0664 e. The highest BCUT2D eigenvalue weighted by Crippen LogP contribution is 2.19. The van der Waals surface area contributed by atoms with Crippen LogP contribution in [-0.2, 0) is 0 Å². The van der Waals surface area contributed by atoms with Crippen LogP contribution in [-0.4, -0.2) is 18.0 Å². The first-order valence-corrected chi connectivity index (χ1v) is 5.71. The lowest BCUT2D eigenvalue weighted by atomic mass is 10.1. The van der Waals surface area contributed by atoms with Gasteiger partial charge in [0.25, 0.3) is 0 Å². The lowest BCUT2D eigenvalue weighted by molar-refractivity contribution is 0.441. The van der Waals surface area contributed by atoms with Crippen molar-refractivity contribution in [3.05, 3.63) is 42.0 Å². The van der Waals surface area contributed by atoms with E-state index in [-0.39, 0.29) is 0 Å². The molecule has 1 aromatic rings. The van der Waals surface area contributed by atoms with Crippen LogP contribution in [0.4, 0.5) is 0 Å². The van der Waals surface area contributed by atoms with Gasteiger partial charge in [-0.15, -0.1) is 0 Å². The molecule has 1 rings (SSSR count). The van der Waals surface area contributed by atoms with E-state index in [1.54, 1.807) is 0 Å². The average molecular weight is 214 g/mol. The van der Waals surface area contributed by atoms with Crippen LogP contribution in [0.3, 0.4) is 0 Å². The van der Waals surface area contributed by atoms with E-state index in [2.05, 4.69) is 36.9 Å². The highest BCUT2D eigenvalue weighted by atomic mass is 15.1. The number of benzene rings is 1. The maximum absolute atomic E-state index is 8.68. The molecule has 0 amide bonds. The molecule has 0 spiro atoms. The first-order valence-electron chi connectivity index (χ1n) is 5.71. The van der Waals surface area contributed by atoms with Crippen molar-refractivity contribution in [1.82, 2.24) is 4.90 Å². The summed E-state index contributed by atoms with van der Waals surface area (Å²) in [7, 11) is 0. The summed E-state index contributed by atoms with van der Waals surface area (Å²) in [6, 6.07) is 12.4. The number of allylic oxidation sites excluding steroid dienone is 1. The van der Waals surface area contributed by atoms with Crippen LogP contribution in [0.1, 0.15) is 25.8 Å². The molecule has 0 N–H and O–H groups in total. The standard InChI is InChI=1S/C14H18N2/c1-3-16(4-2)14(11-8-12-15)13-9-6-5-7-10-13/h5-7,9-11H,3-4,8H2,1-2H3/b14-11+. The predicted octanol–water partition coefficient (Wildman–Crippen LogP) is 3.28. The topological polar surface area (TPSA) is 27.0 Å². The van der Waals surface area contributed by atoms with Crippen molar-refractivity contribution in [3.8, 4) is 6.07 Å². The van der Waals surface area contributed by atoms with Gasteiger partial charge in [0.1, 0.15) is 0 Å². The molecule has 0 saturated heterocycles. The molecule has 2 nitrogen and oxygen atoms in total. The summed E-state index contributed by atoms with van der Waals surface area (Å²) < 4.78 is 0. The molecule has 0 radical (unpaired) electrons. The third-order valence-corrected chi connectivity index (χ3v) is 2.56. The minimum Gasteiger partial charge on any atom is -0.372 e. The summed E-state index contributed by atoms with van der Waals surface area (Å²) in [5.74, 6) is 0. The fraction of sp³-hybridized carbons (Fsp3) is 0.357. The maximum atomic E-state index is 8.68. The molecule has 0 aliphatic carbocycles. The van der Waals surface area contributed by atoms with Gasteiger partial charge in [0, 0.05) is 18.8 Å². The lowest BCUT2D eigenvalue weighted by Crippen LogP contribution is -2.21. The third-order valence-electron chi connectivity index (χ3n) is 2.56. The number of nitriles is 1. The van der Waals surface area contributed by atoms with E-state index >= 15 is 0 Å². The number of hydrogen-bond donors (Lipinski definition) is 0. The Kier molecular flexibility index (Phi) is 5.15.